The van der Waals surface area contributed by atoms with Gasteiger partial charge in [-0.15, -0.1) is 0 Å². The maximum Gasteiger partial charge on any atom is 0.333 e. The summed E-state index contributed by atoms with van der Waals surface area (Å²) in [6.45, 7) is 1.74. The van der Waals surface area contributed by atoms with Crippen molar-refractivity contribution < 1.29 is 19.1 Å². The number of hydrogen-bond donors (Lipinski definition) is 1. The fraction of sp³-hybridized carbons (Fsp3) is 0.267. The minimum Gasteiger partial charge on any atom is -0.463 e. The van der Waals surface area contributed by atoms with Gasteiger partial charge < -0.3 is 10.1 Å². The monoisotopic (exact) mass is 354 g/mol. The molecule has 0 aromatic heterocycles. The molecule has 0 aliphatic carbocycles. The highest BCUT2D eigenvalue weighted by Gasteiger charge is 2.29. The Hall–Kier alpha value is -1.99. The summed E-state index contributed by atoms with van der Waals surface area (Å²) in [7, 11) is 0. The maximum atomic E-state index is 12.1. The summed E-state index contributed by atoms with van der Waals surface area (Å²) >= 11 is 7.17. The molecule has 6 nitrogen and oxygen atoms in total. The molecule has 0 spiro atoms. The number of carbonyl (C=O) groups is 3. The first-order chi connectivity index (χ1) is 11.0. The number of anilines is 1. The standard InChI is InChI=1S/C15H15ClN2O4S/c1-2-22-15(21)7-14-18(13(20)9-23-14)8-12(19)17-11-6-4-3-5-10(11)16/h3-7H,2,8-9H2,1H3,(H,17,19). The lowest BCUT2D eigenvalue weighted by Gasteiger charge is -2.16. The van der Waals surface area contributed by atoms with Crippen molar-refractivity contribution in [3.05, 3.63) is 40.4 Å². The SMILES string of the molecule is CCOC(=O)C=C1SCC(=O)N1CC(=O)Nc1ccccc1Cl. The smallest absolute Gasteiger partial charge is 0.333 e. The summed E-state index contributed by atoms with van der Waals surface area (Å²) in [5, 5.41) is 3.45. The number of benzene rings is 1. The van der Waals surface area contributed by atoms with Gasteiger partial charge in [0.25, 0.3) is 0 Å². The first-order valence-corrected chi connectivity index (χ1v) is 8.23. The molecule has 1 aliphatic rings. The molecule has 0 atom stereocenters. The average Bonchev–Trinajstić information content (AvgIpc) is 2.83. The fourth-order valence-corrected chi connectivity index (χ4v) is 2.99. The van der Waals surface area contributed by atoms with Crippen molar-refractivity contribution in [2.45, 2.75) is 6.92 Å². The van der Waals surface area contributed by atoms with Crippen LogP contribution in [0.2, 0.25) is 5.02 Å². The highest BCUT2D eigenvalue weighted by Crippen LogP contribution is 2.29. The number of thioether (sulfide) groups is 1. The van der Waals surface area contributed by atoms with E-state index in [4.69, 9.17) is 16.3 Å². The molecule has 1 aromatic rings. The van der Waals surface area contributed by atoms with Crippen molar-refractivity contribution >= 4 is 46.8 Å². The zero-order valence-corrected chi connectivity index (χ0v) is 13.9. The minimum absolute atomic E-state index is 0.185. The van der Waals surface area contributed by atoms with Crippen molar-refractivity contribution in [3.63, 3.8) is 0 Å². The second-order valence-electron chi connectivity index (χ2n) is 4.53. The maximum absolute atomic E-state index is 12.1. The van der Waals surface area contributed by atoms with E-state index < -0.39 is 11.9 Å². The van der Waals surface area contributed by atoms with Gasteiger partial charge in [0.2, 0.25) is 11.8 Å². The van der Waals surface area contributed by atoms with Crippen LogP contribution >= 0.6 is 23.4 Å². The highest BCUT2D eigenvalue weighted by atomic mass is 35.5. The molecule has 1 fully saturated rings. The van der Waals surface area contributed by atoms with E-state index in [1.54, 1.807) is 31.2 Å². The summed E-state index contributed by atoms with van der Waals surface area (Å²) < 4.78 is 4.82. The number of halogens is 1. The molecule has 0 radical (unpaired) electrons. The van der Waals surface area contributed by atoms with Crippen LogP contribution in [0.4, 0.5) is 5.69 Å². The summed E-state index contributed by atoms with van der Waals surface area (Å²) in [5.74, 6) is -0.991. The molecule has 2 amide bonds. The first-order valence-electron chi connectivity index (χ1n) is 6.87. The number of rotatable bonds is 5. The third-order valence-electron chi connectivity index (χ3n) is 2.89. The van der Waals surface area contributed by atoms with Crippen LogP contribution in [-0.4, -0.2) is 41.6 Å². The lowest BCUT2D eigenvalue weighted by molar-refractivity contribution is -0.137. The fourth-order valence-electron chi connectivity index (χ4n) is 1.88. The minimum atomic E-state index is -0.541. The predicted octanol–water partition coefficient (Wildman–Crippen LogP) is 2.26. The van der Waals surface area contributed by atoms with Gasteiger partial charge >= 0.3 is 5.97 Å². The Labute approximate surface area is 142 Å². The molecule has 23 heavy (non-hydrogen) atoms. The van der Waals surface area contributed by atoms with Gasteiger partial charge in [-0.25, -0.2) is 4.79 Å². The van der Waals surface area contributed by atoms with Gasteiger partial charge in [0.1, 0.15) is 6.54 Å². The van der Waals surface area contributed by atoms with Crippen molar-refractivity contribution in [1.29, 1.82) is 0 Å². The van der Waals surface area contributed by atoms with Crippen LogP contribution in [0.5, 0.6) is 0 Å². The predicted molar refractivity (Wildman–Crippen MR) is 89.0 cm³/mol. The van der Waals surface area contributed by atoms with Gasteiger partial charge in [0.15, 0.2) is 0 Å². The third kappa shape index (κ3) is 4.74. The molecule has 1 N–H and O–H groups in total. The number of ether oxygens (including phenoxy) is 1. The van der Waals surface area contributed by atoms with E-state index in [-0.39, 0.29) is 24.8 Å². The van der Waals surface area contributed by atoms with Crippen LogP contribution < -0.4 is 5.32 Å². The number of nitrogens with zero attached hydrogens (tertiary/aromatic N) is 1. The molecule has 122 valence electrons. The van der Waals surface area contributed by atoms with Crippen LogP contribution in [0.1, 0.15) is 6.92 Å². The largest absolute Gasteiger partial charge is 0.463 e. The number of esters is 1. The molecule has 0 unspecified atom stereocenters. The first kappa shape index (κ1) is 17.4. The summed E-state index contributed by atoms with van der Waals surface area (Å²) in [6, 6.07) is 6.81. The van der Waals surface area contributed by atoms with Gasteiger partial charge in [0.05, 0.1) is 34.2 Å². The Kier molecular flexibility index (Phi) is 6.06. The van der Waals surface area contributed by atoms with Crippen molar-refractivity contribution in [2.24, 2.45) is 0 Å². The number of carbonyl (C=O) groups excluding carboxylic acids is 3. The molecule has 2 rings (SSSR count). The van der Waals surface area contributed by atoms with Crippen molar-refractivity contribution in [3.8, 4) is 0 Å². The second kappa shape index (κ2) is 8.03. The third-order valence-corrected chi connectivity index (χ3v) is 4.24. The number of amides is 2. The molecule has 1 saturated heterocycles. The van der Waals surface area contributed by atoms with E-state index in [1.165, 1.54) is 22.7 Å². The van der Waals surface area contributed by atoms with Crippen molar-refractivity contribution in [1.82, 2.24) is 4.90 Å². The molecule has 1 heterocycles. The zero-order chi connectivity index (χ0) is 16.8. The van der Waals surface area contributed by atoms with Gasteiger partial charge in [-0.05, 0) is 19.1 Å². The normalized spacial score (nSPS) is 15.8. The number of para-hydroxylation sites is 1. The molecule has 0 bridgehead atoms. The Morgan fingerprint density at radius 2 is 2.17 bits per heavy atom. The van der Waals surface area contributed by atoms with E-state index in [2.05, 4.69) is 5.32 Å². The number of hydrogen-bond acceptors (Lipinski definition) is 5. The lowest BCUT2D eigenvalue weighted by atomic mass is 10.3. The molecular weight excluding hydrogens is 340 g/mol. The quantitative estimate of drug-likeness (QED) is 0.648. The summed E-state index contributed by atoms with van der Waals surface area (Å²) in [5.41, 5.74) is 0.467. The van der Waals surface area contributed by atoms with E-state index >= 15 is 0 Å². The van der Waals surface area contributed by atoms with Crippen LogP contribution in [0.15, 0.2) is 35.4 Å². The van der Waals surface area contributed by atoms with Gasteiger partial charge in [-0.3, -0.25) is 14.5 Å². The zero-order valence-electron chi connectivity index (χ0n) is 12.4. The van der Waals surface area contributed by atoms with Gasteiger partial charge in [-0.2, -0.15) is 0 Å². The molecule has 1 aliphatic heterocycles. The summed E-state index contributed by atoms with van der Waals surface area (Å²) in [6.07, 6.45) is 1.22. The Morgan fingerprint density at radius 3 is 2.87 bits per heavy atom. The highest BCUT2D eigenvalue weighted by molar-refractivity contribution is 8.04. The van der Waals surface area contributed by atoms with Crippen LogP contribution in [0.3, 0.4) is 0 Å². The molecule has 1 aromatic carbocycles. The lowest BCUT2D eigenvalue weighted by Crippen LogP contribution is -2.34. The van der Waals surface area contributed by atoms with E-state index in [9.17, 15) is 14.4 Å². The topological polar surface area (TPSA) is 75.7 Å². The van der Waals surface area contributed by atoms with Gasteiger partial charge in [0, 0.05) is 0 Å². The van der Waals surface area contributed by atoms with Crippen LogP contribution in [-0.2, 0) is 19.1 Å². The molecule has 8 heteroatoms. The van der Waals surface area contributed by atoms with E-state index in [0.29, 0.717) is 15.7 Å². The number of nitrogens with one attached hydrogen (secondary N) is 1. The molecular formula is C15H15ClN2O4S. The Bertz CT molecular complexity index is 663. The second-order valence-corrected chi connectivity index (χ2v) is 5.93. The van der Waals surface area contributed by atoms with E-state index in [0.717, 1.165) is 0 Å². The average molecular weight is 355 g/mol. The Balaban J connectivity index is 2.04. The molecule has 0 saturated carbocycles. The van der Waals surface area contributed by atoms with Gasteiger partial charge in [-0.1, -0.05) is 35.5 Å². The van der Waals surface area contributed by atoms with E-state index in [1.807, 2.05) is 0 Å². The van der Waals surface area contributed by atoms with Crippen LogP contribution in [0.25, 0.3) is 0 Å². The van der Waals surface area contributed by atoms with Crippen LogP contribution in [0, 0.1) is 0 Å². The summed E-state index contributed by atoms with van der Waals surface area (Å²) in [4.78, 5) is 36.8. The van der Waals surface area contributed by atoms with Crippen molar-refractivity contribution in [2.75, 3.05) is 24.2 Å². The Morgan fingerprint density at radius 1 is 1.43 bits per heavy atom.